The van der Waals surface area contributed by atoms with Crippen LogP contribution >= 0.6 is 0 Å². The van der Waals surface area contributed by atoms with Gasteiger partial charge in [0.2, 0.25) is 0 Å². The topological polar surface area (TPSA) is 83.8 Å². The molecule has 0 bridgehead atoms. The summed E-state index contributed by atoms with van der Waals surface area (Å²) < 4.78 is 5.79. The summed E-state index contributed by atoms with van der Waals surface area (Å²) >= 11 is 0. The molecule has 5 nitrogen and oxygen atoms in total. The lowest BCUT2D eigenvalue weighted by atomic mass is 10.0. The van der Waals surface area contributed by atoms with Gasteiger partial charge < -0.3 is 14.9 Å². The Balaban J connectivity index is 2.34. The Morgan fingerprint density at radius 3 is 2.33 bits per heavy atom. The van der Waals surface area contributed by atoms with Gasteiger partial charge in [-0.1, -0.05) is 36.4 Å². The van der Waals surface area contributed by atoms with Gasteiger partial charge in [0.1, 0.15) is 17.4 Å². The summed E-state index contributed by atoms with van der Waals surface area (Å²) in [5.74, 6) is -1.97. The van der Waals surface area contributed by atoms with Crippen LogP contribution in [0.4, 0.5) is 0 Å². The third kappa shape index (κ3) is 4.23. The van der Waals surface area contributed by atoms with Crippen molar-refractivity contribution in [1.82, 2.24) is 0 Å². The van der Waals surface area contributed by atoms with Gasteiger partial charge >= 0.3 is 11.9 Å². The van der Waals surface area contributed by atoms with E-state index in [0.717, 1.165) is 11.6 Å². The van der Waals surface area contributed by atoms with Crippen LogP contribution in [0, 0.1) is 0 Å². The first-order valence-electron chi connectivity index (χ1n) is 7.39. The summed E-state index contributed by atoms with van der Waals surface area (Å²) in [5, 5.41) is 18.2. The largest absolute Gasteiger partial charge is 0.485 e. The molecule has 1 unspecified atom stereocenters. The molecule has 0 aliphatic heterocycles. The zero-order valence-electron chi connectivity index (χ0n) is 13.4. The van der Waals surface area contributed by atoms with Crippen LogP contribution in [0.15, 0.2) is 54.6 Å². The minimum atomic E-state index is -1.13. The van der Waals surface area contributed by atoms with Crippen molar-refractivity contribution in [3.8, 4) is 5.75 Å². The molecule has 2 rings (SSSR count). The van der Waals surface area contributed by atoms with E-state index < -0.39 is 11.9 Å². The summed E-state index contributed by atoms with van der Waals surface area (Å²) in [5.41, 5.74) is 1.91. The van der Waals surface area contributed by atoms with E-state index in [2.05, 4.69) is 0 Å². The number of carboxylic acid groups (broad SMARTS) is 2. The lowest BCUT2D eigenvalue weighted by Crippen LogP contribution is -2.08. The number of aromatic carboxylic acids is 1. The first kappa shape index (κ1) is 17.3. The van der Waals surface area contributed by atoms with Crippen molar-refractivity contribution >= 4 is 17.5 Å². The molecule has 0 aliphatic rings. The normalized spacial score (nSPS) is 12.5. The maximum atomic E-state index is 11.5. The predicted octanol–water partition coefficient (Wildman–Crippen LogP) is 4.01. The summed E-state index contributed by atoms with van der Waals surface area (Å²) in [6, 6.07) is 14.1. The molecule has 0 fully saturated rings. The SMILES string of the molecule is C/C(=C/C(=O)O)c1ccc(OC(C)c2ccccc2)c(C(=O)O)c1. The molecule has 1 atom stereocenters. The zero-order chi connectivity index (χ0) is 17.7. The number of aliphatic carboxylic acids is 1. The Morgan fingerprint density at radius 2 is 1.75 bits per heavy atom. The maximum absolute atomic E-state index is 11.5. The Morgan fingerprint density at radius 1 is 1.08 bits per heavy atom. The Labute approximate surface area is 139 Å². The average Bonchev–Trinajstić information content (AvgIpc) is 2.55. The van der Waals surface area contributed by atoms with E-state index in [9.17, 15) is 14.7 Å². The summed E-state index contributed by atoms with van der Waals surface area (Å²) in [4.78, 5) is 22.3. The second-order valence-corrected chi connectivity index (χ2v) is 5.35. The van der Waals surface area contributed by atoms with Gasteiger partial charge in [0, 0.05) is 6.08 Å². The standard InChI is InChI=1S/C19H18O5/c1-12(10-18(20)21)15-8-9-17(16(11-15)19(22)23)24-13(2)14-6-4-3-5-7-14/h3-11,13H,1-2H3,(H,20,21)(H,22,23)/b12-10-. The number of allylic oxidation sites excluding steroid dienone is 1. The summed E-state index contributed by atoms with van der Waals surface area (Å²) in [7, 11) is 0. The molecule has 0 radical (unpaired) electrons. The highest BCUT2D eigenvalue weighted by molar-refractivity contribution is 5.94. The van der Waals surface area contributed by atoms with Crippen molar-refractivity contribution < 1.29 is 24.5 Å². The van der Waals surface area contributed by atoms with Crippen molar-refractivity contribution in [2.24, 2.45) is 0 Å². The second kappa shape index (κ2) is 7.46. The minimum absolute atomic E-state index is 0.00609. The van der Waals surface area contributed by atoms with Crippen LogP contribution in [0.25, 0.3) is 5.57 Å². The van der Waals surface area contributed by atoms with Crippen LogP contribution in [-0.4, -0.2) is 22.2 Å². The fourth-order valence-electron chi connectivity index (χ4n) is 2.30. The quantitative estimate of drug-likeness (QED) is 0.784. The molecular weight excluding hydrogens is 308 g/mol. The number of hydrogen-bond acceptors (Lipinski definition) is 3. The van der Waals surface area contributed by atoms with Gasteiger partial charge in [0.05, 0.1) is 0 Å². The molecule has 0 heterocycles. The van der Waals surface area contributed by atoms with Gasteiger partial charge in [-0.3, -0.25) is 0 Å². The molecule has 5 heteroatoms. The molecule has 24 heavy (non-hydrogen) atoms. The molecule has 0 aromatic heterocycles. The second-order valence-electron chi connectivity index (χ2n) is 5.35. The van der Waals surface area contributed by atoms with Gasteiger partial charge in [-0.25, -0.2) is 9.59 Å². The molecule has 2 aromatic carbocycles. The molecule has 2 aromatic rings. The van der Waals surface area contributed by atoms with Crippen molar-refractivity contribution in [3.05, 3.63) is 71.3 Å². The third-order valence-electron chi connectivity index (χ3n) is 3.58. The van der Waals surface area contributed by atoms with Gasteiger partial charge in [-0.05, 0) is 42.7 Å². The Bertz CT molecular complexity index is 778. The summed E-state index contributed by atoms with van der Waals surface area (Å²) in [6.45, 7) is 3.45. The molecule has 0 saturated heterocycles. The Hall–Kier alpha value is -3.08. The summed E-state index contributed by atoms with van der Waals surface area (Å²) in [6.07, 6.45) is 0.722. The highest BCUT2D eigenvalue weighted by Crippen LogP contribution is 2.28. The van der Waals surface area contributed by atoms with E-state index in [-0.39, 0.29) is 17.4 Å². The van der Waals surface area contributed by atoms with Crippen LogP contribution in [0.2, 0.25) is 0 Å². The molecular formula is C19H18O5. The van der Waals surface area contributed by atoms with E-state index >= 15 is 0 Å². The lowest BCUT2D eigenvalue weighted by Gasteiger charge is -2.17. The fourth-order valence-corrected chi connectivity index (χ4v) is 2.30. The van der Waals surface area contributed by atoms with Gasteiger partial charge in [0.25, 0.3) is 0 Å². The van der Waals surface area contributed by atoms with Crippen LogP contribution in [0.1, 0.15) is 41.4 Å². The highest BCUT2D eigenvalue weighted by Gasteiger charge is 2.16. The van der Waals surface area contributed by atoms with E-state index in [0.29, 0.717) is 11.1 Å². The zero-order valence-corrected chi connectivity index (χ0v) is 13.4. The van der Waals surface area contributed by atoms with Crippen molar-refractivity contribution in [3.63, 3.8) is 0 Å². The van der Waals surface area contributed by atoms with E-state index in [1.807, 2.05) is 37.3 Å². The van der Waals surface area contributed by atoms with Crippen LogP contribution < -0.4 is 4.74 Å². The molecule has 0 aliphatic carbocycles. The number of hydrogen-bond donors (Lipinski definition) is 2. The maximum Gasteiger partial charge on any atom is 0.339 e. The van der Waals surface area contributed by atoms with Gasteiger partial charge in [0.15, 0.2) is 0 Å². The lowest BCUT2D eigenvalue weighted by molar-refractivity contribution is -0.131. The minimum Gasteiger partial charge on any atom is -0.485 e. The van der Waals surface area contributed by atoms with Crippen LogP contribution in [-0.2, 0) is 4.79 Å². The predicted molar refractivity (Wildman–Crippen MR) is 90.2 cm³/mol. The molecule has 2 N–H and O–H groups in total. The first-order chi connectivity index (χ1) is 11.4. The fraction of sp³-hybridized carbons (Fsp3) is 0.158. The van der Waals surface area contributed by atoms with Crippen molar-refractivity contribution in [2.45, 2.75) is 20.0 Å². The number of rotatable bonds is 6. The van der Waals surface area contributed by atoms with E-state index in [1.54, 1.807) is 19.1 Å². The molecule has 0 saturated carbocycles. The van der Waals surface area contributed by atoms with E-state index in [4.69, 9.17) is 9.84 Å². The number of carboxylic acids is 2. The van der Waals surface area contributed by atoms with Crippen LogP contribution in [0.3, 0.4) is 0 Å². The monoisotopic (exact) mass is 326 g/mol. The van der Waals surface area contributed by atoms with Crippen molar-refractivity contribution in [2.75, 3.05) is 0 Å². The number of benzene rings is 2. The number of ether oxygens (including phenoxy) is 1. The van der Waals surface area contributed by atoms with Crippen molar-refractivity contribution in [1.29, 1.82) is 0 Å². The van der Waals surface area contributed by atoms with Gasteiger partial charge in [-0.2, -0.15) is 0 Å². The third-order valence-corrected chi connectivity index (χ3v) is 3.58. The smallest absolute Gasteiger partial charge is 0.339 e. The van der Waals surface area contributed by atoms with Crippen LogP contribution in [0.5, 0.6) is 5.75 Å². The Kier molecular flexibility index (Phi) is 5.37. The van der Waals surface area contributed by atoms with Gasteiger partial charge in [-0.15, -0.1) is 0 Å². The molecule has 124 valence electrons. The highest BCUT2D eigenvalue weighted by atomic mass is 16.5. The average molecular weight is 326 g/mol. The molecule has 0 amide bonds. The van der Waals surface area contributed by atoms with E-state index in [1.165, 1.54) is 6.07 Å². The first-order valence-corrected chi connectivity index (χ1v) is 7.39. The number of carbonyl (C=O) groups is 2. The molecule has 0 spiro atoms.